The Labute approximate surface area is 178 Å². The second-order valence-electron chi connectivity index (χ2n) is 8.15. The molecule has 3 aliphatic heterocycles. The zero-order valence-corrected chi connectivity index (χ0v) is 17.2. The predicted octanol–water partition coefficient (Wildman–Crippen LogP) is 0.607. The van der Waals surface area contributed by atoms with E-state index in [-0.39, 0.29) is 53.8 Å². The van der Waals surface area contributed by atoms with Gasteiger partial charge in [-0.05, 0) is 12.5 Å². The van der Waals surface area contributed by atoms with Crippen LogP contribution in [0.15, 0.2) is 52.9 Å². The number of carbonyl (C=O) groups excluding carboxylic acids is 3. The van der Waals surface area contributed by atoms with Gasteiger partial charge >= 0.3 is 6.09 Å². The molecule has 0 bridgehead atoms. The van der Waals surface area contributed by atoms with E-state index in [0.29, 0.717) is 12.2 Å². The van der Waals surface area contributed by atoms with Crippen LogP contribution in [0.3, 0.4) is 0 Å². The van der Waals surface area contributed by atoms with Crippen LogP contribution >= 0.6 is 0 Å². The van der Waals surface area contributed by atoms with Crippen LogP contribution in [-0.4, -0.2) is 60.6 Å². The summed E-state index contributed by atoms with van der Waals surface area (Å²) >= 11 is 0. The van der Waals surface area contributed by atoms with Gasteiger partial charge in [-0.25, -0.2) is 4.79 Å². The van der Waals surface area contributed by atoms with Crippen molar-refractivity contribution in [2.45, 2.75) is 31.3 Å². The molecule has 0 radical (unpaired) electrons. The number of fused-ring (bicyclic) bond motifs is 4. The van der Waals surface area contributed by atoms with Crippen LogP contribution in [-0.2, 0) is 30.4 Å². The van der Waals surface area contributed by atoms with Crippen molar-refractivity contribution in [2.75, 3.05) is 20.3 Å². The van der Waals surface area contributed by atoms with Crippen molar-refractivity contribution in [3.63, 3.8) is 0 Å². The fraction of sp³-hybridized carbons (Fsp3) is 0.409. The largest absolute Gasteiger partial charge is 0.484 e. The molecule has 4 aliphatic rings. The Kier molecular flexibility index (Phi) is 4.42. The molecule has 3 N–H and O–H groups in total. The second-order valence-corrected chi connectivity index (χ2v) is 8.15. The van der Waals surface area contributed by atoms with E-state index in [4.69, 9.17) is 19.9 Å². The number of nitrogens with two attached hydrogens (primary N) is 1. The molecule has 0 aromatic heterocycles. The van der Waals surface area contributed by atoms with Crippen LogP contribution in [0.25, 0.3) is 0 Å². The zero-order chi connectivity index (χ0) is 21.9. The van der Waals surface area contributed by atoms with Gasteiger partial charge in [-0.15, -0.1) is 0 Å². The number of nitrogens with one attached hydrogen (secondary N) is 1. The summed E-state index contributed by atoms with van der Waals surface area (Å²) in [5, 5.41) is 3.32. The summed E-state index contributed by atoms with van der Waals surface area (Å²) in [6.45, 7) is 2.11. The van der Waals surface area contributed by atoms with E-state index < -0.39 is 17.7 Å². The molecule has 3 heterocycles. The van der Waals surface area contributed by atoms with Gasteiger partial charge in [-0.3, -0.25) is 9.59 Å². The van der Waals surface area contributed by atoms with Crippen LogP contribution in [0.1, 0.15) is 12.5 Å². The van der Waals surface area contributed by atoms with E-state index in [1.54, 1.807) is 6.92 Å². The van der Waals surface area contributed by atoms with Gasteiger partial charge in [-0.1, -0.05) is 30.3 Å². The smallest absolute Gasteiger partial charge is 0.404 e. The van der Waals surface area contributed by atoms with Crippen molar-refractivity contribution < 1.29 is 28.6 Å². The number of hydrogen-bond donors (Lipinski definition) is 2. The number of rotatable bonds is 6. The Morgan fingerprint density at radius 1 is 1.26 bits per heavy atom. The fourth-order valence-corrected chi connectivity index (χ4v) is 5.17. The van der Waals surface area contributed by atoms with Crippen LogP contribution in [0, 0.1) is 5.92 Å². The lowest BCUT2D eigenvalue weighted by Crippen LogP contribution is -2.55. The minimum absolute atomic E-state index is 0.0180. The average Bonchev–Trinajstić information content (AvgIpc) is 3.37. The molecular formula is C22H23N3O6. The van der Waals surface area contributed by atoms with Gasteiger partial charge in [0.25, 0.3) is 0 Å². The summed E-state index contributed by atoms with van der Waals surface area (Å²) in [5.41, 5.74) is 5.90. The van der Waals surface area contributed by atoms with Crippen molar-refractivity contribution >= 4 is 17.7 Å². The minimum atomic E-state index is -0.995. The molecule has 9 nitrogen and oxygen atoms in total. The molecular weight excluding hydrogens is 402 g/mol. The predicted molar refractivity (Wildman–Crippen MR) is 107 cm³/mol. The number of benzene rings is 1. The second kappa shape index (κ2) is 6.93. The van der Waals surface area contributed by atoms with Gasteiger partial charge in [-0.2, -0.15) is 0 Å². The van der Waals surface area contributed by atoms with Crippen molar-refractivity contribution in [3.8, 4) is 0 Å². The number of ether oxygens (including phenoxy) is 3. The van der Waals surface area contributed by atoms with Gasteiger partial charge in [0.1, 0.15) is 13.2 Å². The van der Waals surface area contributed by atoms with Crippen molar-refractivity contribution in [1.29, 1.82) is 0 Å². The summed E-state index contributed by atoms with van der Waals surface area (Å²) < 4.78 is 16.9. The monoisotopic (exact) mass is 425 g/mol. The maximum absolute atomic E-state index is 13.6. The third kappa shape index (κ3) is 2.73. The highest BCUT2D eigenvalue weighted by molar-refractivity contribution is 6.25. The number of piperazine rings is 1. The van der Waals surface area contributed by atoms with E-state index in [1.807, 2.05) is 35.2 Å². The number of allylic oxidation sites excluding steroid dienone is 2. The molecule has 1 amide bonds. The molecule has 4 atom stereocenters. The Balaban J connectivity index is 1.51. The molecule has 1 aromatic carbocycles. The third-order valence-electron chi connectivity index (χ3n) is 6.60. The molecule has 1 aromatic rings. The zero-order valence-electron chi connectivity index (χ0n) is 17.2. The van der Waals surface area contributed by atoms with Gasteiger partial charge < -0.3 is 30.2 Å². The lowest BCUT2D eigenvalue weighted by molar-refractivity contribution is -0.137. The normalized spacial score (nSPS) is 30.9. The summed E-state index contributed by atoms with van der Waals surface area (Å²) in [6.07, 6.45) is -0.952. The van der Waals surface area contributed by atoms with Crippen molar-refractivity contribution in [3.05, 3.63) is 58.5 Å². The molecule has 5 rings (SSSR count). The highest BCUT2D eigenvalue weighted by Gasteiger charge is 2.72. The molecule has 9 heteroatoms. The first-order valence-electron chi connectivity index (χ1n) is 10.1. The lowest BCUT2D eigenvalue weighted by Gasteiger charge is -2.39. The Morgan fingerprint density at radius 2 is 2.00 bits per heavy atom. The van der Waals surface area contributed by atoms with Crippen molar-refractivity contribution in [1.82, 2.24) is 10.2 Å². The lowest BCUT2D eigenvalue weighted by atomic mass is 9.83. The number of amides is 1. The van der Waals surface area contributed by atoms with E-state index in [9.17, 15) is 14.4 Å². The van der Waals surface area contributed by atoms with Crippen LogP contribution in [0.4, 0.5) is 4.79 Å². The first-order valence-corrected chi connectivity index (χ1v) is 10.1. The van der Waals surface area contributed by atoms with Gasteiger partial charge in [0, 0.05) is 30.8 Å². The number of Topliss-reactive ketones (excluding diaryl/α,β-unsaturated/α-hetero) is 2. The summed E-state index contributed by atoms with van der Waals surface area (Å²) in [5.74, 6) is -1.32. The molecule has 2 fully saturated rings. The number of hydrogen-bond acceptors (Lipinski definition) is 8. The maximum atomic E-state index is 13.6. The topological polar surface area (TPSA) is 130 Å². The SMILES string of the molecule is CO[C@@]12C(COC(N)=O)C3=C(C(=O)C(C)=C(OCc4ccccc4)C3=O)N1CC1NC12. The number of methoxy groups -OCH3 is 1. The van der Waals surface area contributed by atoms with E-state index in [0.717, 1.165) is 5.56 Å². The first-order chi connectivity index (χ1) is 14.9. The quantitative estimate of drug-likeness (QED) is 0.501. The van der Waals surface area contributed by atoms with Gasteiger partial charge in [0.05, 0.1) is 17.7 Å². The minimum Gasteiger partial charge on any atom is -0.484 e. The fourth-order valence-electron chi connectivity index (χ4n) is 5.17. The Bertz CT molecular complexity index is 1050. The molecule has 31 heavy (non-hydrogen) atoms. The molecule has 162 valence electrons. The van der Waals surface area contributed by atoms with Crippen LogP contribution in [0.5, 0.6) is 0 Å². The number of primary amides is 1. The van der Waals surface area contributed by atoms with E-state index in [2.05, 4.69) is 5.32 Å². The standard InChI is InChI=1S/C22H23N3O6/c1-11-17(26)16-15(18(27)19(11)30-9-12-6-4-3-5-7-12)13(10-31-21(23)28)22(29-2)20-14(24-20)8-25(16)22/h3-7,13-14,20,24H,8-10H2,1-2H3,(H2,23,28)/t13?,14?,20?,22-/m1/s1. The number of carbonyl (C=O) groups is 3. The summed E-state index contributed by atoms with van der Waals surface area (Å²) in [6, 6.07) is 9.45. The highest BCUT2D eigenvalue weighted by atomic mass is 16.6. The molecule has 0 spiro atoms. The molecule has 0 saturated carbocycles. The van der Waals surface area contributed by atoms with Crippen LogP contribution < -0.4 is 11.1 Å². The summed E-state index contributed by atoms with van der Waals surface area (Å²) in [4.78, 5) is 40.2. The summed E-state index contributed by atoms with van der Waals surface area (Å²) in [7, 11) is 1.53. The molecule has 2 saturated heterocycles. The Hall–Kier alpha value is -3.17. The number of ketones is 2. The van der Waals surface area contributed by atoms with Gasteiger partial charge in [0.2, 0.25) is 11.6 Å². The van der Waals surface area contributed by atoms with E-state index in [1.165, 1.54) is 7.11 Å². The third-order valence-corrected chi connectivity index (χ3v) is 6.60. The Morgan fingerprint density at radius 3 is 2.68 bits per heavy atom. The average molecular weight is 425 g/mol. The first kappa shape index (κ1) is 19.8. The maximum Gasteiger partial charge on any atom is 0.404 e. The van der Waals surface area contributed by atoms with Crippen molar-refractivity contribution in [2.24, 2.45) is 11.7 Å². The van der Waals surface area contributed by atoms with E-state index >= 15 is 0 Å². The van der Waals surface area contributed by atoms with Gasteiger partial charge in [0.15, 0.2) is 11.5 Å². The molecule has 3 unspecified atom stereocenters. The highest BCUT2D eigenvalue weighted by Crippen LogP contribution is 2.55. The molecule has 1 aliphatic carbocycles. The van der Waals surface area contributed by atoms with Crippen LogP contribution in [0.2, 0.25) is 0 Å². The number of nitrogens with zero attached hydrogens (tertiary/aromatic N) is 1.